The standard InChI is InChI=1S/C7H4I2O4/c8-2-1-3(10)6(11)4(5(2)9)7(12)13/h1,10-11H,(H,12,13). The van der Waals surface area contributed by atoms with E-state index in [9.17, 15) is 9.90 Å². The van der Waals surface area contributed by atoms with Crippen LogP contribution in [-0.4, -0.2) is 21.3 Å². The first kappa shape index (κ1) is 10.8. The fourth-order valence-electron chi connectivity index (χ4n) is 0.798. The predicted octanol–water partition coefficient (Wildman–Crippen LogP) is 2.01. The normalized spacial score (nSPS) is 10.0. The van der Waals surface area contributed by atoms with E-state index in [0.717, 1.165) is 0 Å². The second-order valence-corrected chi connectivity index (χ2v) is 4.46. The zero-order valence-electron chi connectivity index (χ0n) is 6.08. The molecular formula is C7H4I2O4. The van der Waals surface area contributed by atoms with Crippen molar-refractivity contribution < 1.29 is 20.1 Å². The Morgan fingerprint density at radius 1 is 1.31 bits per heavy atom. The van der Waals surface area contributed by atoms with E-state index in [4.69, 9.17) is 10.2 Å². The molecule has 6 heteroatoms. The largest absolute Gasteiger partial charge is 0.504 e. The molecule has 70 valence electrons. The van der Waals surface area contributed by atoms with Gasteiger partial charge in [0.25, 0.3) is 0 Å². The molecule has 0 aromatic heterocycles. The van der Waals surface area contributed by atoms with Crippen molar-refractivity contribution in [1.29, 1.82) is 0 Å². The van der Waals surface area contributed by atoms with Gasteiger partial charge in [-0.25, -0.2) is 4.79 Å². The SMILES string of the molecule is O=C(O)c1c(O)c(O)cc(I)c1I. The molecular weight excluding hydrogens is 402 g/mol. The second-order valence-electron chi connectivity index (χ2n) is 2.22. The van der Waals surface area contributed by atoms with Crippen LogP contribution in [0.4, 0.5) is 0 Å². The molecule has 0 bridgehead atoms. The highest BCUT2D eigenvalue weighted by molar-refractivity contribution is 14.1. The number of carbonyl (C=O) groups is 1. The third-order valence-electron chi connectivity index (χ3n) is 1.39. The summed E-state index contributed by atoms with van der Waals surface area (Å²) in [6.45, 7) is 0. The average molecular weight is 406 g/mol. The molecule has 1 rings (SSSR count). The van der Waals surface area contributed by atoms with Gasteiger partial charge in [0.1, 0.15) is 5.56 Å². The Bertz CT molecular complexity index is 349. The van der Waals surface area contributed by atoms with E-state index < -0.39 is 17.5 Å². The van der Waals surface area contributed by atoms with Gasteiger partial charge in [-0.05, 0) is 51.2 Å². The van der Waals surface area contributed by atoms with Gasteiger partial charge < -0.3 is 15.3 Å². The average Bonchev–Trinajstić information content (AvgIpc) is 2.01. The molecule has 0 fully saturated rings. The number of benzene rings is 1. The van der Waals surface area contributed by atoms with Gasteiger partial charge in [-0.2, -0.15) is 0 Å². The molecule has 0 spiro atoms. The number of aromatic carboxylic acids is 1. The first-order valence-corrected chi connectivity index (χ1v) is 5.24. The van der Waals surface area contributed by atoms with Crippen molar-refractivity contribution in [3.05, 3.63) is 18.8 Å². The first-order valence-electron chi connectivity index (χ1n) is 3.08. The Hall–Kier alpha value is -0.250. The van der Waals surface area contributed by atoms with Crippen LogP contribution in [0.1, 0.15) is 10.4 Å². The number of phenols is 2. The molecule has 3 N–H and O–H groups in total. The molecule has 0 aliphatic carbocycles. The lowest BCUT2D eigenvalue weighted by atomic mass is 10.2. The minimum atomic E-state index is -1.25. The molecule has 0 atom stereocenters. The number of hydrogen-bond acceptors (Lipinski definition) is 3. The molecule has 1 aromatic rings. The number of carboxylic acids is 1. The Kier molecular flexibility index (Phi) is 3.22. The molecule has 13 heavy (non-hydrogen) atoms. The zero-order chi connectivity index (χ0) is 10.2. The lowest BCUT2D eigenvalue weighted by molar-refractivity contribution is 0.0691. The molecule has 0 radical (unpaired) electrons. The summed E-state index contributed by atoms with van der Waals surface area (Å²) in [7, 11) is 0. The number of rotatable bonds is 1. The molecule has 0 saturated carbocycles. The second kappa shape index (κ2) is 3.86. The van der Waals surface area contributed by atoms with Crippen molar-refractivity contribution >= 4 is 51.2 Å². The van der Waals surface area contributed by atoms with Gasteiger partial charge in [-0.1, -0.05) is 0 Å². The van der Waals surface area contributed by atoms with E-state index >= 15 is 0 Å². The summed E-state index contributed by atoms with van der Waals surface area (Å²) in [5.41, 5.74) is -0.259. The van der Waals surface area contributed by atoms with Gasteiger partial charge in [-0.15, -0.1) is 0 Å². The number of hydrogen-bond donors (Lipinski definition) is 3. The third-order valence-corrected chi connectivity index (χ3v) is 4.39. The number of phenolic OH excluding ortho intramolecular Hbond substituents is 1. The van der Waals surface area contributed by atoms with Crippen LogP contribution in [0, 0.1) is 7.14 Å². The summed E-state index contributed by atoms with van der Waals surface area (Å²) in [6.07, 6.45) is 0. The van der Waals surface area contributed by atoms with E-state index in [-0.39, 0.29) is 5.56 Å². The zero-order valence-corrected chi connectivity index (χ0v) is 10.4. The van der Waals surface area contributed by atoms with Crippen LogP contribution in [0.2, 0.25) is 0 Å². The maximum absolute atomic E-state index is 10.7. The van der Waals surface area contributed by atoms with Crippen molar-refractivity contribution in [1.82, 2.24) is 0 Å². The van der Waals surface area contributed by atoms with E-state index in [2.05, 4.69) is 0 Å². The topological polar surface area (TPSA) is 77.8 Å². The fourth-order valence-corrected chi connectivity index (χ4v) is 2.00. The lowest BCUT2D eigenvalue weighted by Crippen LogP contribution is -2.02. The van der Waals surface area contributed by atoms with Crippen molar-refractivity contribution in [2.75, 3.05) is 0 Å². The molecule has 0 heterocycles. The van der Waals surface area contributed by atoms with Gasteiger partial charge in [0.15, 0.2) is 11.5 Å². The van der Waals surface area contributed by atoms with Crippen LogP contribution >= 0.6 is 45.2 Å². The molecule has 0 aliphatic heterocycles. The lowest BCUT2D eigenvalue weighted by Gasteiger charge is -2.06. The number of carboxylic acid groups (broad SMARTS) is 1. The molecule has 0 saturated heterocycles. The molecule has 1 aromatic carbocycles. The van der Waals surface area contributed by atoms with Gasteiger partial charge in [0.2, 0.25) is 0 Å². The molecule has 0 unspecified atom stereocenters. The van der Waals surface area contributed by atoms with Crippen LogP contribution in [0.5, 0.6) is 11.5 Å². The molecule has 0 aliphatic rings. The van der Waals surface area contributed by atoms with Crippen molar-refractivity contribution in [3.63, 3.8) is 0 Å². The maximum atomic E-state index is 10.7. The van der Waals surface area contributed by atoms with Crippen LogP contribution in [-0.2, 0) is 0 Å². The Balaban J connectivity index is 3.56. The minimum Gasteiger partial charge on any atom is -0.504 e. The maximum Gasteiger partial charge on any atom is 0.340 e. The number of halogens is 2. The predicted molar refractivity (Wildman–Crippen MR) is 62.2 cm³/mol. The quantitative estimate of drug-likeness (QED) is 0.493. The van der Waals surface area contributed by atoms with Crippen LogP contribution in [0.15, 0.2) is 6.07 Å². The monoisotopic (exact) mass is 406 g/mol. The molecule has 4 nitrogen and oxygen atoms in total. The van der Waals surface area contributed by atoms with Crippen LogP contribution in [0.25, 0.3) is 0 Å². The summed E-state index contributed by atoms with van der Waals surface area (Å²) in [4.78, 5) is 10.7. The fraction of sp³-hybridized carbons (Fsp3) is 0. The Labute approximate surface area is 101 Å². The Morgan fingerprint density at radius 2 is 1.85 bits per heavy atom. The van der Waals surface area contributed by atoms with Crippen molar-refractivity contribution in [2.45, 2.75) is 0 Å². The first-order chi connectivity index (χ1) is 5.95. The van der Waals surface area contributed by atoms with E-state index in [1.165, 1.54) is 6.07 Å². The highest BCUT2D eigenvalue weighted by Crippen LogP contribution is 2.35. The van der Waals surface area contributed by atoms with Gasteiger partial charge in [-0.3, -0.25) is 0 Å². The van der Waals surface area contributed by atoms with Crippen molar-refractivity contribution in [2.24, 2.45) is 0 Å². The highest BCUT2D eigenvalue weighted by Gasteiger charge is 2.19. The summed E-state index contributed by atoms with van der Waals surface area (Å²) in [6, 6.07) is 1.31. The van der Waals surface area contributed by atoms with E-state index in [0.29, 0.717) is 7.14 Å². The summed E-state index contributed by atoms with van der Waals surface area (Å²) in [5.74, 6) is -2.25. The third kappa shape index (κ3) is 1.98. The van der Waals surface area contributed by atoms with Crippen molar-refractivity contribution in [3.8, 4) is 11.5 Å². The summed E-state index contributed by atoms with van der Waals surface area (Å²) < 4.78 is 1.01. The molecule has 0 amide bonds. The Morgan fingerprint density at radius 3 is 2.31 bits per heavy atom. The smallest absolute Gasteiger partial charge is 0.340 e. The summed E-state index contributed by atoms with van der Waals surface area (Å²) >= 11 is 3.69. The summed E-state index contributed by atoms with van der Waals surface area (Å²) in [5, 5.41) is 27.1. The van der Waals surface area contributed by atoms with Gasteiger partial charge in [0.05, 0.1) is 0 Å². The number of aromatic hydroxyl groups is 2. The highest BCUT2D eigenvalue weighted by atomic mass is 127. The van der Waals surface area contributed by atoms with Crippen LogP contribution in [0.3, 0.4) is 0 Å². The van der Waals surface area contributed by atoms with E-state index in [1.807, 2.05) is 22.6 Å². The van der Waals surface area contributed by atoms with Gasteiger partial charge in [0, 0.05) is 7.14 Å². The van der Waals surface area contributed by atoms with E-state index in [1.54, 1.807) is 22.6 Å². The van der Waals surface area contributed by atoms with Crippen LogP contribution < -0.4 is 0 Å². The minimum absolute atomic E-state index is 0.259. The van der Waals surface area contributed by atoms with Gasteiger partial charge >= 0.3 is 5.97 Å².